The molecule has 39 nitrogen and oxygen atoms in total. The number of aromatic amines is 1. The molecule has 2 saturated heterocycles. The SMILES string of the molecule is CC(C)C[C@H](NC(=O)[C@H](C)NC(=O)[C@H](CC(C)C)NC(=O)[C@H](CCC(=O)O)NC(=O)[C@H](CC(=O)O)NC(=O)[C@H](C)NC(=O)[C@H](CO)NC(=O)[C@H](CS)NC(=O)[C@@H]1CCCN1C(=O)[C@H](C)NC(=O)[C@H](CS)NC(=O)[C@H](CCC(N)=O)NC(=O)[C@H](Cc1c[nH]c2ccccc12)NC(=O)[C@@H]1CCCN1C(=O)[C@H](C)N)C(=O)O. The predicted molar refractivity (Wildman–Crippen MR) is 394 cm³/mol. The average Bonchev–Trinajstić information content (AvgIpc) is 1.73. The zero-order valence-corrected chi connectivity index (χ0v) is 63.6. The van der Waals surface area contributed by atoms with Gasteiger partial charge >= 0.3 is 17.9 Å². The number of H-pyrrole nitrogens is 1. The first kappa shape index (κ1) is 91.2. The molecule has 604 valence electrons. The number of nitrogens with two attached hydrogens (primary N) is 2. The molecule has 0 unspecified atom stereocenters. The smallest absolute Gasteiger partial charge is 0.326 e. The first-order valence-corrected chi connectivity index (χ1v) is 36.8. The van der Waals surface area contributed by atoms with Crippen LogP contribution in [0, 0.1) is 11.8 Å². The van der Waals surface area contributed by atoms with Crippen LogP contribution in [0.25, 0.3) is 10.9 Å². The summed E-state index contributed by atoms with van der Waals surface area (Å²) in [7, 11) is 0. The Hall–Kier alpha value is -10.2. The van der Waals surface area contributed by atoms with Crippen LogP contribution < -0.4 is 75.3 Å². The van der Waals surface area contributed by atoms with E-state index in [1.165, 1.54) is 25.7 Å². The van der Waals surface area contributed by atoms with E-state index >= 15 is 0 Å². The molecular formula is C68H103N17O22S2. The minimum Gasteiger partial charge on any atom is -0.481 e. The highest BCUT2D eigenvalue weighted by Gasteiger charge is 2.42. The van der Waals surface area contributed by atoms with Crippen molar-refractivity contribution in [2.75, 3.05) is 31.2 Å². The van der Waals surface area contributed by atoms with Gasteiger partial charge in [-0.15, -0.1) is 0 Å². The van der Waals surface area contributed by atoms with E-state index < -0.39 is 235 Å². The van der Waals surface area contributed by atoms with Gasteiger partial charge in [-0.25, -0.2) is 4.79 Å². The molecule has 15 atom stereocenters. The first-order valence-electron chi connectivity index (χ1n) is 35.6. The van der Waals surface area contributed by atoms with Crippen LogP contribution in [0.3, 0.4) is 0 Å². The monoisotopic (exact) mass is 1570 g/mol. The lowest BCUT2D eigenvalue weighted by Gasteiger charge is -2.30. The molecule has 1 aromatic heterocycles. The summed E-state index contributed by atoms with van der Waals surface area (Å²) in [5.74, 6) is -20.1. The number of benzene rings is 1. The Bertz CT molecular complexity index is 3650. The van der Waals surface area contributed by atoms with Crippen molar-refractivity contribution in [1.29, 1.82) is 0 Å². The Morgan fingerprint density at radius 3 is 1.38 bits per heavy atom. The zero-order valence-electron chi connectivity index (χ0n) is 61.8. The highest BCUT2D eigenvalue weighted by molar-refractivity contribution is 7.80. The van der Waals surface area contributed by atoms with Gasteiger partial charge < -0.3 is 110 Å². The molecule has 0 spiro atoms. The Kier molecular flexibility index (Phi) is 36.6. The lowest BCUT2D eigenvalue weighted by atomic mass is 10.0. The fraction of sp³-hybridized carbons (Fsp3) is 0.618. The summed E-state index contributed by atoms with van der Waals surface area (Å²) in [5.41, 5.74) is 12.7. The van der Waals surface area contributed by atoms with Crippen LogP contribution in [0.2, 0.25) is 0 Å². The number of aliphatic carboxylic acids is 3. The van der Waals surface area contributed by atoms with E-state index in [1.807, 2.05) is 0 Å². The minimum absolute atomic E-state index is 0.0237. The number of carbonyl (C=O) groups is 18. The zero-order chi connectivity index (χ0) is 81.8. The van der Waals surface area contributed by atoms with Gasteiger partial charge in [0.1, 0.15) is 84.6 Å². The fourth-order valence-electron chi connectivity index (χ4n) is 11.9. The number of carboxylic acids is 3. The van der Waals surface area contributed by atoms with Crippen LogP contribution in [-0.4, -0.2) is 264 Å². The number of carboxylic acid groups (broad SMARTS) is 3. The number of aliphatic hydroxyl groups excluding tert-OH is 1. The highest BCUT2D eigenvalue weighted by atomic mass is 32.1. The third-order valence-electron chi connectivity index (χ3n) is 17.7. The second-order valence-electron chi connectivity index (χ2n) is 27.7. The lowest BCUT2D eigenvalue weighted by molar-refractivity contribution is -0.143. The van der Waals surface area contributed by atoms with E-state index in [4.69, 9.17) is 11.5 Å². The van der Waals surface area contributed by atoms with Crippen molar-refractivity contribution in [3.8, 4) is 0 Å². The van der Waals surface area contributed by atoms with E-state index in [0.29, 0.717) is 12.0 Å². The number of primary amides is 1. The number of likely N-dealkylation sites (tertiary alicyclic amines) is 2. The van der Waals surface area contributed by atoms with Crippen LogP contribution >= 0.6 is 25.3 Å². The summed E-state index contributed by atoms with van der Waals surface area (Å²) in [5, 5.41) is 68.4. The van der Waals surface area contributed by atoms with Crippen LogP contribution in [-0.2, 0) is 92.7 Å². The number of hydrogen-bond donors (Lipinski definition) is 21. The Labute approximate surface area is 638 Å². The summed E-state index contributed by atoms with van der Waals surface area (Å²) >= 11 is 8.42. The molecule has 2 fully saturated rings. The molecule has 1 aromatic carbocycles. The number of thiol groups is 2. The standard InChI is InChI=1S/C68H103N17O22S2/c1-31(2)23-42(58(96)72-35(7)55(93)80-45(68(106)107)24-32(3)4)78-56(94)41(18-20-52(88)89)76-60(98)44(26-53(90)91)77-54(92)34(6)73-61(99)46(28-86)81-63(101)48(30-109)83-65(103)50-16-12-22-85(50)67(105)36(8)74-62(100)47(29-108)82-57(95)40(17-19-51(70)87)75-59(97)43(25-37-27-71-39-14-10-9-13-38(37)39)79-64(102)49-15-11-21-84(49)66(104)33(5)69/h9-10,13-14,27,31-36,40-50,71,86,108-109H,11-12,15-26,28-30,69H2,1-8H3,(H2,70,87)(H,72,96)(H,73,99)(H,74,100)(H,75,97)(H,76,98)(H,77,92)(H,78,94)(H,79,102)(H,80,93)(H,81,101)(H,82,95)(H,83,103)(H,88,89)(H,90,91)(H,106,107)/t33-,34-,35-,36-,40-,41-,42-,43-,44-,45-,46-,47-,48-,49-,50-/m0/s1. The molecule has 4 rings (SSSR count). The minimum atomic E-state index is -2.04. The van der Waals surface area contributed by atoms with Crippen molar-refractivity contribution in [2.45, 2.75) is 223 Å². The van der Waals surface area contributed by atoms with Gasteiger partial charge in [0.2, 0.25) is 88.6 Å². The quantitative estimate of drug-likeness (QED) is 0.0275. The van der Waals surface area contributed by atoms with Crippen LogP contribution in [0.1, 0.15) is 132 Å². The molecule has 41 heteroatoms. The second-order valence-corrected chi connectivity index (χ2v) is 28.4. The summed E-state index contributed by atoms with van der Waals surface area (Å²) in [6, 6.07) is -14.9. The van der Waals surface area contributed by atoms with Crippen molar-refractivity contribution < 1.29 is 107 Å². The Morgan fingerprint density at radius 1 is 0.477 bits per heavy atom. The van der Waals surface area contributed by atoms with Crippen molar-refractivity contribution in [3.63, 3.8) is 0 Å². The maximum atomic E-state index is 14.4. The third-order valence-corrected chi connectivity index (χ3v) is 18.5. The van der Waals surface area contributed by atoms with Gasteiger partial charge in [0.25, 0.3) is 0 Å². The Morgan fingerprint density at radius 2 is 0.881 bits per heavy atom. The molecule has 2 aliphatic heterocycles. The number of aromatic nitrogens is 1. The van der Waals surface area contributed by atoms with E-state index in [0.717, 1.165) is 22.7 Å². The summed E-state index contributed by atoms with van der Waals surface area (Å²) < 4.78 is 0. The maximum Gasteiger partial charge on any atom is 0.326 e. The van der Waals surface area contributed by atoms with Gasteiger partial charge in [-0.05, 0) is 103 Å². The molecule has 2 aromatic rings. The molecule has 3 heterocycles. The molecule has 109 heavy (non-hydrogen) atoms. The van der Waals surface area contributed by atoms with Crippen molar-refractivity contribution >= 4 is 143 Å². The predicted octanol–water partition coefficient (Wildman–Crippen LogP) is -5.45. The largest absolute Gasteiger partial charge is 0.481 e. The number of nitrogens with one attached hydrogen (secondary N) is 13. The number of nitrogens with zero attached hydrogens (tertiary/aromatic N) is 2. The third kappa shape index (κ3) is 28.4. The van der Waals surface area contributed by atoms with Gasteiger partial charge in [-0.3, -0.25) is 81.5 Å². The number of rotatable bonds is 44. The molecular weight excluding hydrogens is 1470 g/mol. The van der Waals surface area contributed by atoms with E-state index in [1.54, 1.807) is 58.2 Å². The van der Waals surface area contributed by atoms with Crippen molar-refractivity contribution in [2.24, 2.45) is 23.3 Å². The number of fused-ring (bicyclic) bond motifs is 1. The topological polar surface area (TPSA) is 607 Å². The number of amides is 15. The molecule has 0 saturated carbocycles. The van der Waals surface area contributed by atoms with Gasteiger partial charge in [0, 0.05) is 61.0 Å². The van der Waals surface area contributed by atoms with E-state index in [2.05, 4.69) is 94.0 Å². The highest BCUT2D eigenvalue weighted by Crippen LogP contribution is 2.23. The molecule has 0 bridgehead atoms. The number of aliphatic hydroxyl groups is 1. The lowest BCUT2D eigenvalue weighted by Crippen LogP contribution is -2.61. The number of para-hydroxylation sites is 1. The van der Waals surface area contributed by atoms with E-state index in [-0.39, 0.29) is 75.6 Å². The van der Waals surface area contributed by atoms with Crippen molar-refractivity contribution in [1.82, 2.24) is 78.6 Å². The van der Waals surface area contributed by atoms with Gasteiger partial charge in [-0.2, -0.15) is 25.3 Å². The molecule has 15 amide bonds. The maximum absolute atomic E-state index is 14.4. The fourth-order valence-corrected chi connectivity index (χ4v) is 12.4. The van der Waals surface area contributed by atoms with Crippen molar-refractivity contribution in [3.05, 3.63) is 36.0 Å². The van der Waals surface area contributed by atoms with Crippen LogP contribution in [0.5, 0.6) is 0 Å². The second kappa shape index (κ2) is 43.7. The molecule has 0 aliphatic carbocycles. The summed E-state index contributed by atoms with van der Waals surface area (Å²) in [6.45, 7) is 11.0. The molecule has 21 N–H and O–H groups in total. The first-order chi connectivity index (χ1) is 51.2. The number of hydrogen-bond acceptors (Lipinski definition) is 22. The van der Waals surface area contributed by atoms with E-state index in [9.17, 15) is 107 Å². The van der Waals surface area contributed by atoms with Gasteiger partial charge in [0.15, 0.2) is 0 Å². The average molecular weight is 1570 g/mol. The molecule has 2 aliphatic rings. The normalized spacial score (nSPS) is 17.6. The van der Waals surface area contributed by atoms with Gasteiger partial charge in [0.05, 0.1) is 19.1 Å². The Balaban J connectivity index is 1.39. The van der Waals surface area contributed by atoms with Gasteiger partial charge in [-0.1, -0.05) is 45.9 Å². The van der Waals surface area contributed by atoms with Crippen LogP contribution in [0.4, 0.5) is 0 Å². The van der Waals surface area contributed by atoms with Crippen LogP contribution in [0.15, 0.2) is 30.5 Å². The summed E-state index contributed by atoms with van der Waals surface area (Å²) in [6.07, 6.45) is -0.823. The summed E-state index contributed by atoms with van der Waals surface area (Å²) in [4.78, 5) is 245. The molecule has 0 radical (unpaired) electrons. The number of carbonyl (C=O) groups excluding carboxylic acids is 15.